The van der Waals surface area contributed by atoms with Crippen LogP contribution >= 0.6 is 0 Å². The van der Waals surface area contributed by atoms with Gasteiger partial charge in [0.25, 0.3) is 0 Å². The van der Waals surface area contributed by atoms with E-state index in [0.717, 1.165) is 25.7 Å². The van der Waals surface area contributed by atoms with Crippen molar-refractivity contribution in [2.45, 2.75) is 39.5 Å². The third-order valence-electron chi connectivity index (χ3n) is 3.59. The summed E-state index contributed by atoms with van der Waals surface area (Å²) in [6.07, 6.45) is 3.61. The zero-order valence-corrected chi connectivity index (χ0v) is 12.9. The van der Waals surface area contributed by atoms with Crippen molar-refractivity contribution >= 4 is 23.3 Å². The van der Waals surface area contributed by atoms with Crippen LogP contribution in [0.15, 0.2) is 18.2 Å². The Hall–Kier alpha value is -2.04. The van der Waals surface area contributed by atoms with E-state index in [1.807, 2.05) is 0 Å². The lowest BCUT2D eigenvalue weighted by molar-refractivity contribution is -0.122. The van der Waals surface area contributed by atoms with E-state index in [4.69, 9.17) is 10.8 Å². The summed E-state index contributed by atoms with van der Waals surface area (Å²) >= 11 is 0. The van der Waals surface area contributed by atoms with Crippen molar-refractivity contribution in [3.8, 4) is 0 Å². The predicted molar refractivity (Wildman–Crippen MR) is 84.5 cm³/mol. The number of amides is 1. The fraction of sp³-hybridized carbons (Fsp3) is 0.500. The molecule has 0 bridgehead atoms. The largest absolute Gasteiger partial charge is 0.478 e. The molecule has 5 heteroatoms. The number of carbonyl (C=O) groups is 2. The normalized spacial score (nSPS) is 10.7. The maximum atomic E-state index is 12.5. The summed E-state index contributed by atoms with van der Waals surface area (Å²) in [4.78, 5) is 25.0. The van der Waals surface area contributed by atoms with E-state index >= 15 is 0 Å². The van der Waals surface area contributed by atoms with Crippen molar-refractivity contribution in [2.75, 3.05) is 17.7 Å². The first kappa shape index (κ1) is 17.0. The predicted octanol–water partition coefficient (Wildman–Crippen LogP) is 3.15. The number of carbonyl (C=O) groups excluding carboxylic acids is 1. The highest BCUT2D eigenvalue weighted by Crippen LogP contribution is 2.26. The summed E-state index contributed by atoms with van der Waals surface area (Å²) in [5, 5.41) is 8.94. The smallest absolute Gasteiger partial charge is 0.335 e. The third-order valence-corrected chi connectivity index (χ3v) is 3.59. The quantitative estimate of drug-likeness (QED) is 0.756. The van der Waals surface area contributed by atoms with E-state index in [0.29, 0.717) is 11.4 Å². The molecule has 1 rings (SSSR count). The minimum absolute atomic E-state index is 0.0106. The second-order valence-corrected chi connectivity index (χ2v) is 5.25. The molecular formula is C16H24N2O3. The number of rotatable bonds is 7. The van der Waals surface area contributed by atoms with Gasteiger partial charge in [-0.25, -0.2) is 4.79 Å². The highest BCUT2D eigenvalue weighted by molar-refractivity contribution is 5.98. The van der Waals surface area contributed by atoms with Gasteiger partial charge in [-0.2, -0.15) is 0 Å². The summed E-state index contributed by atoms with van der Waals surface area (Å²) < 4.78 is 0. The van der Waals surface area contributed by atoms with Crippen LogP contribution in [0.2, 0.25) is 0 Å². The van der Waals surface area contributed by atoms with E-state index < -0.39 is 5.97 Å². The minimum Gasteiger partial charge on any atom is -0.478 e. The molecule has 1 amide bonds. The molecule has 0 fully saturated rings. The summed E-state index contributed by atoms with van der Waals surface area (Å²) in [5.41, 5.74) is 6.87. The average Bonchev–Trinajstić information content (AvgIpc) is 2.45. The Bertz CT molecular complexity index is 508. The lowest BCUT2D eigenvalue weighted by Gasteiger charge is -2.24. The first-order valence-corrected chi connectivity index (χ1v) is 7.32. The number of anilines is 2. The molecule has 21 heavy (non-hydrogen) atoms. The zero-order chi connectivity index (χ0) is 16.0. The number of aromatic carboxylic acids is 1. The molecule has 0 aromatic heterocycles. The Morgan fingerprint density at radius 3 is 2.24 bits per heavy atom. The Morgan fingerprint density at radius 1 is 1.24 bits per heavy atom. The number of nitrogens with zero attached hydrogens (tertiary/aromatic N) is 1. The number of carboxylic acid groups (broad SMARTS) is 1. The summed E-state index contributed by atoms with van der Waals surface area (Å²) in [7, 11) is 1.69. The van der Waals surface area contributed by atoms with Crippen molar-refractivity contribution < 1.29 is 14.7 Å². The van der Waals surface area contributed by atoms with Gasteiger partial charge < -0.3 is 15.7 Å². The Morgan fingerprint density at radius 2 is 1.81 bits per heavy atom. The maximum absolute atomic E-state index is 12.5. The molecule has 0 radical (unpaired) electrons. The second kappa shape index (κ2) is 7.67. The molecule has 5 nitrogen and oxygen atoms in total. The van der Waals surface area contributed by atoms with E-state index in [1.165, 1.54) is 17.0 Å². The van der Waals surface area contributed by atoms with Gasteiger partial charge in [0, 0.05) is 13.0 Å². The molecule has 0 aliphatic heterocycles. The molecule has 0 atom stereocenters. The van der Waals surface area contributed by atoms with Gasteiger partial charge in [0.1, 0.15) is 0 Å². The summed E-state index contributed by atoms with van der Waals surface area (Å²) in [6.45, 7) is 4.12. The molecule has 0 spiro atoms. The van der Waals surface area contributed by atoms with Crippen molar-refractivity contribution in [3.63, 3.8) is 0 Å². The van der Waals surface area contributed by atoms with Crippen molar-refractivity contribution in [1.29, 1.82) is 0 Å². The van der Waals surface area contributed by atoms with Crippen LogP contribution in [0.3, 0.4) is 0 Å². The van der Waals surface area contributed by atoms with Crippen molar-refractivity contribution in [2.24, 2.45) is 5.92 Å². The van der Waals surface area contributed by atoms with Gasteiger partial charge >= 0.3 is 5.97 Å². The van der Waals surface area contributed by atoms with Gasteiger partial charge in [-0.15, -0.1) is 0 Å². The number of carboxylic acids is 1. The van der Waals surface area contributed by atoms with Gasteiger partial charge in [-0.05, 0) is 31.0 Å². The fourth-order valence-electron chi connectivity index (χ4n) is 2.47. The van der Waals surface area contributed by atoms with E-state index in [2.05, 4.69) is 13.8 Å². The minimum atomic E-state index is -1.03. The second-order valence-electron chi connectivity index (χ2n) is 5.25. The Kier molecular flexibility index (Phi) is 6.21. The monoisotopic (exact) mass is 292 g/mol. The number of benzene rings is 1. The van der Waals surface area contributed by atoms with Crippen LogP contribution in [-0.4, -0.2) is 24.0 Å². The van der Waals surface area contributed by atoms with Crippen LogP contribution in [0.1, 0.15) is 49.9 Å². The summed E-state index contributed by atoms with van der Waals surface area (Å²) in [5.74, 6) is -1.01. The number of hydrogen-bond donors (Lipinski definition) is 2. The van der Waals surface area contributed by atoms with E-state index in [-0.39, 0.29) is 17.4 Å². The number of hydrogen-bond acceptors (Lipinski definition) is 3. The van der Waals surface area contributed by atoms with Crippen LogP contribution in [0, 0.1) is 5.92 Å². The van der Waals surface area contributed by atoms with Gasteiger partial charge in [0.2, 0.25) is 5.91 Å². The SMILES string of the molecule is CCCC(CCC)C(=O)N(C)c1ccc(C(=O)O)cc1N. The zero-order valence-electron chi connectivity index (χ0n) is 12.9. The Labute approximate surface area is 125 Å². The van der Waals surface area contributed by atoms with Crippen LogP contribution in [0.5, 0.6) is 0 Å². The van der Waals surface area contributed by atoms with Crippen LogP contribution in [0.4, 0.5) is 11.4 Å². The molecule has 0 aliphatic carbocycles. The highest BCUT2D eigenvalue weighted by Gasteiger charge is 2.23. The molecule has 1 aromatic rings. The molecule has 0 saturated carbocycles. The first-order chi connectivity index (χ1) is 9.92. The average molecular weight is 292 g/mol. The highest BCUT2D eigenvalue weighted by atomic mass is 16.4. The lowest BCUT2D eigenvalue weighted by atomic mass is 9.96. The van der Waals surface area contributed by atoms with Crippen molar-refractivity contribution in [3.05, 3.63) is 23.8 Å². The first-order valence-electron chi connectivity index (χ1n) is 7.32. The number of nitrogens with two attached hydrogens (primary N) is 1. The topological polar surface area (TPSA) is 83.6 Å². The molecule has 1 aromatic carbocycles. The molecule has 0 unspecified atom stereocenters. The summed E-state index contributed by atoms with van der Waals surface area (Å²) in [6, 6.07) is 4.44. The third kappa shape index (κ3) is 4.21. The molecule has 0 aliphatic rings. The van der Waals surface area contributed by atoms with E-state index in [1.54, 1.807) is 13.1 Å². The van der Waals surface area contributed by atoms with E-state index in [9.17, 15) is 9.59 Å². The molecule has 0 saturated heterocycles. The lowest BCUT2D eigenvalue weighted by Crippen LogP contribution is -2.33. The molecule has 0 heterocycles. The number of nitrogen functional groups attached to an aromatic ring is 1. The molecule has 116 valence electrons. The van der Waals surface area contributed by atoms with Gasteiger partial charge in [0.15, 0.2) is 0 Å². The Balaban J connectivity index is 2.98. The van der Waals surface area contributed by atoms with Crippen LogP contribution in [0.25, 0.3) is 0 Å². The van der Waals surface area contributed by atoms with Gasteiger partial charge in [0.05, 0.1) is 16.9 Å². The maximum Gasteiger partial charge on any atom is 0.335 e. The molecular weight excluding hydrogens is 268 g/mol. The van der Waals surface area contributed by atoms with Crippen molar-refractivity contribution in [1.82, 2.24) is 0 Å². The fourth-order valence-corrected chi connectivity index (χ4v) is 2.47. The van der Waals surface area contributed by atoms with Crippen LogP contribution in [-0.2, 0) is 4.79 Å². The molecule has 3 N–H and O–H groups in total. The van der Waals surface area contributed by atoms with Gasteiger partial charge in [-0.1, -0.05) is 26.7 Å². The standard InChI is InChI=1S/C16H24N2O3/c1-4-6-11(7-5-2)15(19)18(3)14-9-8-12(16(20)21)10-13(14)17/h8-11H,4-7,17H2,1-3H3,(H,20,21). The van der Waals surface area contributed by atoms with Crippen LogP contribution < -0.4 is 10.6 Å². The van der Waals surface area contributed by atoms with Gasteiger partial charge in [-0.3, -0.25) is 4.79 Å².